The number of amides is 1. The van der Waals surface area contributed by atoms with E-state index in [4.69, 9.17) is 9.47 Å². The van der Waals surface area contributed by atoms with Gasteiger partial charge in [-0.1, -0.05) is 13.8 Å². The lowest BCUT2D eigenvalue weighted by Gasteiger charge is -2.12. The van der Waals surface area contributed by atoms with Crippen molar-refractivity contribution >= 4 is 11.6 Å². The van der Waals surface area contributed by atoms with E-state index in [1.54, 1.807) is 14.2 Å². The van der Waals surface area contributed by atoms with Gasteiger partial charge in [-0.2, -0.15) is 0 Å². The van der Waals surface area contributed by atoms with Crippen molar-refractivity contribution in [3.63, 3.8) is 0 Å². The summed E-state index contributed by atoms with van der Waals surface area (Å²) in [4.78, 5) is 11.7. The first-order valence-electron chi connectivity index (χ1n) is 7.29. The molecular weight excluding hydrogens is 268 g/mol. The maximum Gasteiger partial charge on any atom is 0.221 e. The molecule has 0 aliphatic carbocycles. The van der Waals surface area contributed by atoms with Crippen molar-refractivity contribution in [2.24, 2.45) is 5.92 Å². The number of nitrogens with one attached hydrogen (secondary N) is 2. The second-order valence-corrected chi connectivity index (χ2v) is 5.28. The zero-order chi connectivity index (χ0) is 15.7. The summed E-state index contributed by atoms with van der Waals surface area (Å²) in [6.07, 6.45) is 1.43. The molecular formula is C16H26N2O3. The molecule has 1 aromatic rings. The molecule has 2 N–H and O–H groups in total. The normalized spacial score (nSPS) is 10.3. The molecule has 5 heteroatoms. The Morgan fingerprint density at radius 3 is 2.57 bits per heavy atom. The van der Waals surface area contributed by atoms with Crippen LogP contribution >= 0.6 is 0 Å². The zero-order valence-corrected chi connectivity index (χ0v) is 13.4. The van der Waals surface area contributed by atoms with Crippen LogP contribution < -0.4 is 20.1 Å². The van der Waals surface area contributed by atoms with E-state index in [2.05, 4.69) is 24.5 Å². The second kappa shape index (κ2) is 9.10. The minimum Gasteiger partial charge on any atom is -0.497 e. The van der Waals surface area contributed by atoms with Crippen molar-refractivity contribution < 1.29 is 14.3 Å². The van der Waals surface area contributed by atoms with Crippen LogP contribution in [-0.2, 0) is 4.79 Å². The SMILES string of the molecule is COc1ccc(OC)c(NCCC(=O)NCCC(C)C)c1. The molecule has 0 aliphatic heterocycles. The van der Waals surface area contributed by atoms with Gasteiger partial charge in [0.1, 0.15) is 11.5 Å². The van der Waals surface area contributed by atoms with E-state index in [0.717, 1.165) is 30.2 Å². The molecule has 0 radical (unpaired) electrons. The molecule has 0 aliphatic rings. The third kappa shape index (κ3) is 6.38. The Balaban J connectivity index is 2.39. The van der Waals surface area contributed by atoms with Gasteiger partial charge in [0.05, 0.1) is 19.9 Å². The summed E-state index contributed by atoms with van der Waals surface area (Å²) in [6, 6.07) is 5.53. The molecule has 1 rings (SSSR count). The van der Waals surface area contributed by atoms with Crippen LogP contribution in [0.25, 0.3) is 0 Å². The van der Waals surface area contributed by atoms with E-state index in [1.807, 2.05) is 18.2 Å². The van der Waals surface area contributed by atoms with Gasteiger partial charge in [0, 0.05) is 25.6 Å². The minimum absolute atomic E-state index is 0.0602. The summed E-state index contributed by atoms with van der Waals surface area (Å²) in [5, 5.41) is 6.12. The number of rotatable bonds is 9. The highest BCUT2D eigenvalue weighted by Crippen LogP contribution is 2.28. The molecule has 0 fully saturated rings. The Morgan fingerprint density at radius 2 is 1.95 bits per heavy atom. The zero-order valence-electron chi connectivity index (χ0n) is 13.4. The van der Waals surface area contributed by atoms with E-state index < -0.39 is 0 Å². The second-order valence-electron chi connectivity index (χ2n) is 5.28. The molecule has 0 aromatic heterocycles. The number of ether oxygens (including phenoxy) is 2. The van der Waals surface area contributed by atoms with Crippen LogP contribution in [-0.4, -0.2) is 33.2 Å². The highest BCUT2D eigenvalue weighted by atomic mass is 16.5. The highest BCUT2D eigenvalue weighted by Gasteiger charge is 2.06. The third-order valence-corrected chi connectivity index (χ3v) is 3.12. The van der Waals surface area contributed by atoms with Crippen LogP contribution in [0.1, 0.15) is 26.7 Å². The summed E-state index contributed by atoms with van der Waals surface area (Å²) in [5.74, 6) is 2.14. The van der Waals surface area contributed by atoms with Gasteiger partial charge in [-0.15, -0.1) is 0 Å². The monoisotopic (exact) mass is 294 g/mol. The largest absolute Gasteiger partial charge is 0.497 e. The van der Waals surface area contributed by atoms with Crippen LogP contribution in [0.3, 0.4) is 0 Å². The number of hydrogen-bond acceptors (Lipinski definition) is 4. The molecule has 0 saturated carbocycles. The Bertz CT molecular complexity index is 447. The first-order chi connectivity index (χ1) is 10.1. The molecule has 0 heterocycles. The van der Waals surface area contributed by atoms with Crippen molar-refractivity contribution in [3.8, 4) is 11.5 Å². The lowest BCUT2D eigenvalue weighted by atomic mass is 10.1. The average Bonchev–Trinajstić information content (AvgIpc) is 2.46. The van der Waals surface area contributed by atoms with Crippen LogP contribution in [0.2, 0.25) is 0 Å². The van der Waals surface area contributed by atoms with Crippen molar-refractivity contribution in [3.05, 3.63) is 18.2 Å². The van der Waals surface area contributed by atoms with E-state index in [9.17, 15) is 4.79 Å². The van der Waals surface area contributed by atoms with Crippen molar-refractivity contribution in [2.45, 2.75) is 26.7 Å². The molecule has 0 spiro atoms. The summed E-state index contributed by atoms with van der Waals surface area (Å²) >= 11 is 0. The Hall–Kier alpha value is -1.91. The average molecular weight is 294 g/mol. The molecule has 0 atom stereocenters. The standard InChI is InChI=1S/C16H26N2O3/c1-12(2)7-9-18-16(19)8-10-17-14-11-13(20-3)5-6-15(14)21-4/h5-6,11-12,17H,7-10H2,1-4H3,(H,18,19). The Kier molecular flexibility index (Phi) is 7.43. The predicted molar refractivity (Wildman–Crippen MR) is 85.1 cm³/mol. The molecule has 21 heavy (non-hydrogen) atoms. The van der Waals surface area contributed by atoms with E-state index in [0.29, 0.717) is 18.9 Å². The maximum atomic E-state index is 11.7. The van der Waals surface area contributed by atoms with Crippen LogP contribution in [0.5, 0.6) is 11.5 Å². The van der Waals surface area contributed by atoms with E-state index in [1.165, 1.54) is 0 Å². The van der Waals surface area contributed by atoms with Gasteiger partial charge in [-0.25, -0.2) is 0 Å². The summed E-state index contributed by atoms with van der Waals surface area (Å²) < 4.78 is 10.5. The first kappa shape index (κ1) is 17.1. The van der Waals surface area contributed by atoms with Crippen molar-refractivity contribution in [2.75, 3.05) is 32.6 Å². The fraction of sp³-hybridized carbons (Fsp3) is 0.562. The van der Waals surface area contributed by atoms with Gasteiger partial charge in [-0.05, 0) is 24.5 Å². The number of anilines is 1. The summed E-state index contributed by atoms with van der Waals surface area (Å²) in [6.45, 7) is 5.57. The number of carbonyl (C=O) groups is 1. The van der Waals surface area contributed by atoms with Gasteiger partial charge >= 0.3 is 0 Å². The molecule has 118 valence electrons. The topological polar surface area (TPSA) is 59.6 Å². The minimum atomic E-state index is 0.0602. The maximum absolute atomic E-state index is 11.7. The fourth-order valence-corrected chi connectivity index (χ4v) is 1.85. The van der Waals surface area contributed by atoms with Gasteiger partial charge in [0.15, 0.2) is 0 Å². The lowest BCUT2D eigenvalue weighted by Crippen LogP contribution is -2.27. The van der Waals surface area contributed by atoms with Crippen LogP contribution in [0.15, 0.2) is 18.2 Å². The van der Waals surface area contributed by atoms with Crippen LogP contribution in [0.4, 0.5) is 5.69 Å². The highest BCUT2D eigenvalue weighted by molar-refractivity contribution is 5.76. The Morgan fingerprint density at radius 1 is 1.19 bits per heavy atom. The molecule has 0 saturated heterocycles. The van der Waals surface area contributed by atoms with Gasteiger partial charge < -0.3 is 20.1 Å². The summed E-state index contributed by atoms with van der Waals surface area (Å²) in [7, 11) is 3.24. The van der Waals surface area contributed by atoms with Crippen LogP contribution in [0, 0.1) is 5.92 Å². The Labute approximate surface area is 127 Å². The predicted octanol–water partition coefficient (Wildman–Crippen LogP) is 2.67. The number of benzene rings is 1. The molecule has 1 amide bonds. The van der Waals surface area contributed by atoms with E-state index in [-0.39, 0.29) is 5.91 Å². The first-order valence-corrected chi connectivity index (χ1v) is 7.29. The molecule has 5 nitrogen and oxygen atoms in total. The fourth-order valence-electron chi connectivity index (χ4n) is 1.85. The van der Waals surface area contributed by atoms with Crippen molar-refractivity contribution in [1.29, 1.82) is 0 Å². The van der Waals surface area contributed by atoms with Gasteiger partial charge in [0.2, 0.25) is 5.91 Å². The molecule has 1 aromatic carbocycles. The number of methoxy groups -OCH3 is 2. The smallest absolute Gasteiger partial charge is 0.221 e. The quantitative estimate of drug-likeness (QED) is 0.735. The summed E-state index contributed by atoms with van der Waals surface area (Å²) in [5.41, 5.74) is 0.826. The van der Waals surface area contributed by atoms with Gasteiger partial charge in [-0.3, -0.25) is 4.79 Å². The number of carbonyl (C=O) groups excluding carboxylic acids is 1. The number of hydrogen-bond donors (Lipinski definition) is 2. The molecule has 0 bridgehead atoms. The lowest BCUT2D eigenvalue weighted by molar-refractivity contribution is -0.120. The van der Waals surface area contributed by atoms with E-state index >= 15 is 0 Å². The van der Waals surface area contributed by atoms with Gasteiger partial charge in [0.25, 0.3) is 0 Å². The molecule has 0 unspecified atom stereocenters. The third-order valence-electron chi connectivity index (χ3n) is 3.12. The van der Waals surface area contributed by atoms with Crippen molar-refractivity contribution in [1.82, 2.24) is 5.32 Å².